The van der Waals surface area contributed by atoms with Crippen molar-refractivity contribution in [2.75, 3.05) is 25.7 Å². The van der Waals surface area contributed by atoms with Crippen molar-refractivity contribution in [3.8, 4) is 23.3 Å². The number of aromatic amines is 1. The highest BCUT2D eigenvalue weighted by atomic mass is 32.2. The maximum Gasteiger partial charge on any atom is 0.322 e. The van der Waals surface area contributed by atoms with Crippen LogP contribution in [0, 0.1) is 13.8 Å². The van der Waals surface area contributed by atoms with E-state index in [9.17, 15) is 8.42 Å². The Morgan fingerprint density at radius 1 is 1.09 bits per heavy atom. The van der Waals surface area contributed by atoms with Crippen LogP contribution in [0.2, 0.25) is 0 Å². The first-order valence-corrected chi connectivity index (χ1v) is 12.2. The Balaban J connectivity index is 1.57. The summed E-state index contributed by atoms with van der Waals surface area (Å²) in [4.78, 5) is 12.2. The van der Waals surface area contributed by atoms with Crippen LogP contribution in [0.25, 0.3) is 21.8 Å². The number of aryl methyl sites for hydroxylation is 2. The minimum absolute atomic E-state index is 0.0630. The van der Waals surface area contributed by atoms with Crippen LogP contribution < -0.4 is 14.2 Å². The number of rotatable bonds is 8. The first-order valence-electron chi connectivity index (χ1n) is 10.2. The Morgan fingerprint density at radius 3 is 2.66 bits per heavy atom. The zero-order valence-corrected chi connectivity index (χ0v) is 19.2. The van der Waals surface area contributed by atoms with Crippen molar-refractivity contribution in [1.29, 1.82) is 0 Å². The molecule has 0 aliphatic rings. The molecule has 0 saturated heterocycles. The number of methoxy groups -OCH3 is 1. The topological polar surface area (TPSA) is 103 Å². The summed E-state index contributed by atoms with van der Waals surface area (Å²) in [6, 6.07) is 9.55. The van der Waals surface area contributed by atoms with E-state index in [2.05, 4.69) is 21.9 Å². The fourth-order valence-corrected chi connectivity index (χ4v) is 4.10. The van der Waals surface area contributed by atoms with Crippen molar-refractivity contribution in [1.82, 2.24) is 15.0 Å². The molecule has 0 spiro atoms. The van der Waals surface area contributed by atoms with E-state index in [0.29, 0.717) is 29.2 Å². The minimum atomic E-state index is -3.03. The normalized spacial score (nSPS) is 11.8. The van der Waals surface area contributed by atoms with Gasteiger partial charge in [0.1, 0.15) is 15.6 Å². The zero-order valence-electron chi connectivity index (χ0n) is 18.4. The first kappa shape index (κ1) is 21.9. The lowest BCUT2D eigenvalue weighted by molar-refractivity contribution is 0.295. The first-order chi connectivity index (χ1) is 15.2. The lowest BCUT2D eigenvalue weighted by Gasteiger charge is -2.12. The number of sulfone groups is 1. The second-order valence-corrected chi connectivity index (χ2v) is 9.99. The van der Waals surface area contributed by atoms with Crippen molar-refractivity contribution in [2.24, 2.45) is 0 Å². The molecule has 2 aromatic heterocycles. The molecule has 0 aliphatic carbocycles. The summed E-state index contributed by atoms with van der Waals surface area (Å²) in [7, 11) is -1.48. The number of nitrogens with zero attached hydrogens (tertiary/aromatic N) is 2. The number of H-pyrrole nitrogens is 1. The summed E-state index contributed by atoms with van der Waals surface area (Å²) in [5, 5.41) is 1.86. The number of ether oxygens (including phenoxy) is 3. The molecule has 8 nitrogen and oxygen atoms in total. The molecule has 4 rings (SSSR count). The predicted octanol–water partition coefficient (Wildman–Crippen LogP) is 4.34. The maximum absolute atomic E-state index is 11.3. The van der Waals surface area contributed by atoms with Crippen molar-refractivity contribution < 1.29 is 22.6 Å². The van der Waals surface area contributed by atoms with E-state index in [-0.39, 0.29) is 18.4 Å². The number of benzene rings is 2. The van der Waals surface area contributed by atoms with Gasteiger partial charge in [0.2, 0.25) is 0 Å². The molecule has 0 bridgehead atoms. The lowest BCUT2D eigenvalue weighted by Crippen LogP contribution is -2.08. The standard InChI is InChI=1S/C23H25N3O5S/c1-14-15(2)25-19-7-6-17(11-18(14)19)31-23-24-13-16-10-21(29-3)22(12-20(16)26-23)30-8-5-9-32(4,27)28/h6-7,10-13,25H,5,8-9H2,1-4H3. The molecule has 2 heterocycles. The molecule has 0 fully saturated rings. The van der Waals surface area contributed by atoms with E-state index in [1.807, 2.05) is 25.1 Å². The van der Waals surface area contributed by atoms with E-state index in [0.717, 1.165) is 22.0 Å². The zero-order chi connectivity index (χ0) is 22.9. The molecule has 32 heavy (non-hydrogen) atoms. The highest BCUT2D eigenvalue weighted by Gasteiger charge is 2.12. The van der Waals surface area contributed by atoms with Gasteiger partial charge in [0, 0.05) is 40.5 Å². The third-order valence-electron chi connectivity index (χ3n) is 5.25. The van der Waals surface area contributed by atoms with Crippen LogP contribution in [0.3, 0.4) is 0 Å². The molecule has 4 aromatic rings. The minimum Gasteiger partial charge on any atom is -0.493 e. The van der Waals surface area contributed by atoms with Crippen LogP contribution >= 0.6 is 0 Å². The van der Waals surface area contributed by atoms with Gasteiger partial charge in [-0.3, -0.25) is 0 Å². The Labute approximate surface area is 186 Å². The summed E-state index contributed by atoms with van der Waals surface area (Å²) < 4.78 is 39.7. The van der Waals surface area contributed by atoms with Crippen LogP contribution in [0.1, 0.15) is 17.7 Å². The van der Waals surface area contributed by atoms with Gasteiger partial charge in [-0.05, 0) is 50.1 Å². The Kier molecular flexibility index (Phi) is 5.92. The van der Waals surface area contributed by atoms with E-state index >= 15 is 0 Å². The molecule has 9 heteroatoms. The summed E-state index contributed by atoms with van der Waals surface area (Å²) in [5.74, 6) is 1.72. The molecular formula is C23H25N3O5S. The van der Waals surface area contributed by atoms with E-state index < -0.39 is 9.84 Å². The molecule has 0 atom stereocenters. The van der Waals surface area contributed by atoms with Gasteiger partial charge >= 0.3 is 6.01 Å². The van der Waals surface area contributed by atoms with Crippen molar-refractivity contribution in [2.45, 2.75) is 20.3 Å². The second kappa shape index (κ2) is 8.66. The van der Waals surface area contributed by atoms with Gasteiger partial charge in [0.05, 0.1) is 25.0 Å². The van der Waals surface area contributed by atoms with Gasteiger partial charge in [-0.2, -0.15) is 4.98 Å². The van der Waals surface area contributed by atoms with Crippen LogP contribution in [0.5, 0.6) is 23.3 Å². The van der Waals surface area contributed by atoms with Gasteiger partial charge in [-0.25, -0.2) is 13.4 Å². The average Bonchev–Trinajstić information content (AvgIpc) is 3.03. The molecule has 0 saturated carbocycles. The molecule has 0 radical (unpaired) electrons. The summed E-state index contributed by atoms with van der Waals surface area (Å²) in [6.07, 6.45) is 3.26. The average molecular weight is 456 g/mol. The Hall–Kier alpha value is -3.33. The predicted molar refractivity (Wildman–Crippen MR) is 124 cm³/mol. The van der Waals surface area contributed by atoms with Gasteiger partial charge in [0.15, 0.2) is 11.5 Å². The lowest BCUT2D eigenvalue weighted by atomic mass is 10.1. The molecular weight excluding hydrogens is 430 g/mol. The number of nitrogens with one attached hydrogen (secondary N) is 1. The van der Waals surface area contributed by atoms with Crippen molar-refractivity contribution in [3.05, 3.63) is 47.8 Å². The Morgan fingerprint density at radius 2 is 1.91 bits per heavy atom. The highest BCUT2D eigenvalue weighted by molar-refractivity contribution is 7.90. The van der Waals surface area contributed by atoms with Crippen LogP contribution in [0.15, 0.2) is 36.5 Å². The van der Waals surface area contributed by atoms with E-state index in [1.54, 1.807) is 25.4 Å². The maximum atomic E-state index is 11.3. The van der Waals surface area contributed by atoms with Crippen molar-refractivity contribution in [3.63, 3.8) is 0 Å². The van der Waals surface area contributed by atoms with Gasteiger partial charge in [-0.1, -0.05) is 0 Å². The summed E-state index contributed by atoms with van der Waals surface area (Å²) in [5.41, 5.74) is 3.98. The van der Waals surface area contributed by atoms with Gasteiger partial charge in [-0.15, -0.1) is 0 Å². The molecule has 0 unspecified atom stereocenters. The molecule has 2 aromatic carbocycles. The summed E-state index contributed by atoms with van der Waals surface area (Å²) >= 11 is 0. The van der Waals surface area contributed by atoms with Crippen LogP contribution in [0.4, 0.5) is 0 Å². The SMILES string of the molecule is COc1cc2cnc(Oc3ccc4[nH]c(C)c(C)c4c3)nc2cc1OCCCS(C)(=O)=O. The second-order valence-electron chi connectivity index (χ2n) is 7.73. The molecule has 168 valence electrons. The van der Waals surface area contributed by atoms with E-state index in [4.69, 9.17) is 14.2 Å². The third kappa shape index (κ3) is 4.77. The van der Waals surface area contributed by atoms with Crippen LogP contribution in [-0.4, -0.2) is 49.1 Å². The fourth-order valence-electron chi connectivity index (χ4n) is 3.46. The van der Waals surface area contributed by atoms with Gasteiger partial charge < -0.3 is 19.2 Å². The van der Waals surface area contributed by atoms with E-state index in [1.165, 1.54) is 11.8 Å². The quantitative estimate of drug-likeness (QED) is 0.394. The van der Waals surface area contributed by atoms with Crippen molar-refractivity contribution >= 4 is 31.6 Å². The molecule has 0 amide bonds. The Bertz CT molecular complexity index is 1400. The molecule has 0 aliphatic heterocycles. The largest absolute Gasteiger partial charge is 0.493 e. The number of hydrogen-bond donors (Lipinski definition) is 1. The fraction of sp³-hybridized carbons (Fsp3) is 0.304. The van der Waals surface area contributed by atoms with Gasteiger partial charge in [0.25, 0.3) is 0 Å². The monoisotopic (exact) mass is 455 g/mol. The smallest absolute Gasteiger partial charge is 0.322 e. The number of hydrogen-bond acceptors (Lipinski definition) is 7. The highest BCUT2D eigenvalue weighted by Crippen LogP contribution is 2.33. The summed E-state index contributed by atoms with van der Waals surface area (Å²) in [6.45, 7) is 4.35. The third-order valence-corrected chi connectivity index (χ3v) is 6.28. The number of fused-ring (bicyclic) bond motifs is 2. The molecule has 1 N–H and O–H groups in total. The number of aromatic nitrogens is 3. The van der Waals surface area contributed by atoms with Crippen LogP contribution in [-0.2, 0) is 9.84 Å².